The largest absolute Gasteiger partial charge is 0.481 e. The Bertz CT molecular complexity index is 641. The molecule has 1 fully saturated rings. The highest BCUT2D eigenvalue weighted by Crippen LogP contribution is 2.24. The molecule has 2 rings (SSSR count). The summed E-state index contributed by atoms with van der Waals surface area (Å²) in [6.45, 7) is 2.03. The fourth-order valence-corrected chi connectivity index (χ4v) is 3.20. The van der Waals surface area contributed by atoms with Crippen molar-refractivity contribution >= 4 is 17.9 Å². The smallest absolute Gasteiger partial charge is 0.280 e. The summed E-state index contributed by atoms with van der Waals surface area (Å²) in [7, 11) is 0. The molecule has 1 aromatic rings. The summed E-state index contributed by atoms with van der Waals surface area (Å²) >= 11 is 0. The molecule has 1 amide bonds. The lowest BCUT2D eigenvalue weighted by molar-refractivity contribution is -0.385. The summed E-state index contributed by atoms with van der Waals surface area (Å²) in [6.07, 6.45) is 7.49. The van der Waals surface area contributed by atoms with Gasteiger partial charge in [0.25, 0.3) is 11.6 Å². The zero-order valence-electron chi connectivity index (χ0n) is 15.1. The SMILES string of the molecule is CCCCC(Oc1ccc([N+](=O)[O-])c(C=O)c1)C(=O)NC1CCCCC1. The highest BCUT2D eigenvalue weighted by atomic mass is 16.6. The second-order valence-corrected chi connectivity index (χ2v) is 6.69. The van der Waals surface area contributed by atoms with Gasteiger partial charge in [-0.1, -0.05) is 32.6 Å². The van der Waals surface area contributed by atoms with Gasteiger partial charge >= 0.3 is 0 Å². The second kappa shape index (κ2) is 9.89. The van der Waals surface area contributed by atoms with Crippen molar-refractivity contribution in [2.75, 3.05) is 0 Å². The van der Waals surface area contributed by atoms with E-state index in [1.165, 1.54) is 24.6 Å². The van der Waals surface area contributed by atoms with Crippen LogP contribution in [0.4, 0.5) is 5.69 Å². The van der Waals surface area contributed by atoms with Crippen LogP contribution in [0, 0.1) is 10.1 Å². The summed E-state index contributed by atoms with van der Waals surface area (Å²) in [5.41, 5.74) is -0.335. The molecule has 0 heterocycles. The minimum absolute atomic E-state index is 0.0607. The number of benzene rings is 1. The lowest BCUT2D eigenvalue weighted by Gasteiger charge is -2.26. The molecule has 0 radical (unpaired) electrons. The lowest BCUT2D eigenvalue weighted by atomic mass is 9.95. The molecule has 1 saturated carbocycles. The van der Waals surface area contributed by atoms with E-state index in [1.54, 1.807) is 0 Å². The summed E-state index contributed by atoms with van der Waals surface area (Å²) in [4.78, 5) is 34.1. The Kier molecular flexibility index (Phi) is 7.56. The van der Waals surface area contributed by atoms with E-state index in [1.807, 2.05) is 6.92 Å². The molecule has 1 unspecified atom stereocenters. The number of nitro groups is 1. The number of carbonyl (C=O) groups excluding carboxylic acids is 2. The van der Waals surface area contributed by atoms with Crippen LogP contribution in [0.5, 0.6) is 5.75 Å². The molecule has 0 aliphatic heterocycles. The lowest BCUT2D eigenvalue weighted by Crippen LogP contribution is -2.44. The number of ether oxygens (including phenoxy) is 1. The van der Waals surface area contributed by atoms with Gasteiger partial charge in [0.1, 0.15) is 5.75 Å². The Morgan fingerprint density at radius 3 is 2.73 bits per heavy atom. The van der Waals surface area contributed by atoms with E-state index >= 15 is 0 Å². The van der Waals surface area contributed by atoms with E-state index in [9.17, 15) is 19.7 Å². The van der Waals surface area contributed by atoms with E-state index in [-0.39, 0.29) is 28.9 Å². The highest BCUT2D eigenvalue weighted by molar-refractivity contribution is 5.83. The van der Waals surface area contributed by atoms with Gasteiger partial charge in [-0.15, -0.1) is 0 Å². The summed E-state index contributed by atoms with van der Waals surface area (Å²) in [5.74, 6) is 0.133. The Morgan fingerprint density at radius 2 is 2.12 bits per heavy atom. The van der Waals surface area contributed by atoms with Crippen molar-refractivity contribution in [1.82, 2.24) is 5.32 Å². The van der Waals surface area contributed by atoms with Gasteiger partial charge in [0, 0.05) is 12.1 Å². The zero-order chi connectivity index (χ0) is 18.9. The Hall–Kier alpha value is -2.44. The van der Waals surface area contributed by atoms with Gasteiger partial charge in [0.2, 0.25) is 0 Å². The summed E-state index contributed by atoms with van der Waals surface area (Å²) in [6, 6.07) is 4.16. The second-order valence-electron chi connectivity index (χ2n) is 6.69. The van der Waals surface area contributed by atoms with Gasteiger partial charge in [-0.25, -0.2) is 0 Å². The molecule has 7 nitrogen and oxygen atoms in total. The van der Waals surface area contributed by atoms with E-state index < -0.39 is 11.0 Å². The third kappa shape index (κ3) is 5.54. The fraction of sp³-hybridized carbons (Fsp3) is 0.579. The van der Waals surface area contributed by atoms with Gasteiger partial charge in [-0.05, 0) is 37.8 Å². The molecule has 1 aliphatic rings. The Balaban J connectivity index is 2.09. The monoisotopic (exact) mass is 362 g/mol. The number of nitro benzene ring substituents is 1. The normalized spacial score (nSPS) is 15.9. The van der Waals surface area contributed by atoms with E-state index in [0.717, 1.165) is 38.5 Å². The maximum atomic E-state index is 12.6. The summed E-state index contributed by atoms with van der Waals surface area (Å²) in [5, 5.41) is 14.0. The topological polar surface area (TPSA) is 98.5 Å². The molecule has 0 spiro atoms. The molecule has 1 aromatic carbocycles. The number of amides is 1. The van der Waals surface area contributed by atoms with Crippen LogP contribution < -0.4 is 10.1 Å². The maximum absolute atomic E-state index is 12.6. The highest BCUT2D eigenvalue weighted by Gasteiger charge is 2.24. The van der Waals surface area contributed by atoms with Crippen LogP contribution >= 0.6 is 0 Å². The molecule has 26 heavy (non-hydrogen) atoms. The Morgan fingerprint density at radius 1 is 1.38 bits per heavy atom. The summed E-state index contributed by atoms with van der Waals surface area (Å²) < 4.78 is 5.80. The third-order valence-corrected chi connectivity index (χ3v) is 4.66. The first-order valence-electron chi connectivity index (χ1n) is 9.25. The molecule has 142 valence electrons. The quantitative estimate of drug-likeness (QED) is 0.409. The molecular formula is C19H26N2O5. The predicted octanol–water partition coefficient (Wildman–Crippen LogP) is 3.79. The molecule has 1 N–H and O–H groups in total. The number of hydrogen-bond donors (Lipinski definition) is 1. The first-order valence-corrected chi connectivity index (χ1v) is 9.25. The van der Waals surface area contributed by atoms with E-state index in [4.69, 9.17) is 4.74 Å². The van der Waals surface area contributed by atoms with Crippen molar-refractivity contribution in [2.45, 2.75) is 70.4 Å². The minimum Gasteiger partial charge on any atom is -0.481 e. The van der Waals surface area contributed by atoms with Crippen LogP contribution in [0.15, 0.2) is 18.2 Å². The van der Waals surface area contributed by atoms with E-state index in [0.29, 0.717) is 12.7 Å². The van der Waals surface area contributed by atoms with Crippen LogP contribution in [0.2, 0.25) is 0 Å². The number of nitrogens with one attached hydrogen (secondary N) is 1. The van der Waals surface area contributed by atoms with Crippen molar-refractivity contribution < 1.29 is 19.2 Å². The average molecular weight is 362 g/mol. The van der Waals surface area contributed by atoms with Gasteiger partial charge in [0.05, 0.1) is 10.5 Å². The number of unbranched alkanes of at least 4 members (excludes halogenated alkanes) is 1. The van der Waals surface area contributed by atoms with Crippen molar-refractivity contribution in [2.24, 2.45) is 0 Å². The van der Waals surface area contributed by atoms with Crippen molar-refractivity contribution in [3.05, 3.63) is 33.9 Å². The van der Waals surface area contributed by atoms with Crippen LogP contribution in [-0.2, 0) is 4.79 Å². The van der Waals surface area contributed by atoms with Crippen LogP contribution in [0.3, 0.4) is 0 Å². The molecule has 0 saturated heterocycles. The number of carbonyl (C=O) groups is 2. The molecule has 1 atom stereocenters. The third-order valence-electron chi connectivity index (χ3n) is 4.66. The Labute approximate surface area is 153 Å². The van der Waals surface area contributed by atoms with Gasteiger partial charge in [-0.3, -0.25) is 19.7 Å². The number of rotatable bonds is 9. The number of hydrogen-bond acceptors (Lipinski definition) is 5. The van der Waals surface area contributed by atoms with Crippen LogP contribution in [0.1, 0.15) is 68.6 Å². The average Bonchev–Trinajstić information content (AvgIpc) is 2.65. The molecule has 0 aromatic heterocycles. The van der Waals surface area contributed by atoms with Crippen LogP contribution in [-0.4, -0.2) is 29.3 Å². The zero-order valence-corrected chi connectivity index (χ0v) is 15.1. The first-order chi connectivity index (χ1) is 12.5. The molecule has 7 heteroatoms. The van der Waals surface area contributed by atoms with Gasteiger partial charge in [0.15, 0.2) is 12.4 Å². The van der Waals surface area contributed by atoms with Gasteiger partial charge < -0.3 is 10.1 Å². The van der Waals surface area contributed by atoms with Crippen molar-refractivity contribution in [1.29, 1.82) is 0 Å². The van der Waals surface area contributed by atoms with Crippen molar-refractivity contribution in [3.8, 4) is 5.75 Å². The predicted molar refractivity (Wildman–Crippen MR) is 97.4 cm³/mol. The van der Waals surface area contributed by atoms with Crippen LogP contribution in [0.25, 0.3) is 0 Å². The maximum Gasteiger partial charge on any atom is 0.280 e. The molecule has 1 aliphatic carbocycles. The number of aldehydes is 1. The van der Waals surface area contributed by atoms with Crippen molar-refractivity contribution in [3.63, 3.8) is 0 Å². The van der Waals surface area contributed by atoms with Gasteiger partial charge in [-0.2, -0.15) is 0 Å². The standard InChI is InChI=1S/C19H26N2O5/c1-2-3-9-18(19(23)20-15-7-5-4-6-8-15)26-16-10-11-17(21(24)25)14(12-16)13-22/h10-13,15,18H,2-9H2,1H3,(H,20,23). The van der Waals surface area contributed by atoms with E-state index in [2.05, 4.69) is 5.32 Å². The fourth-order valence-electron chi connectivity index (χ4n) is 3.20. The minimum atomic E-state index is -0.669. The molecular weight excluding hydrogens is 336 g/mol. The first kappa shape index (κ1) is 19.9. The molecule has 0 bridgehead atoms. The number of nitrogens with zero attached hydrogens (tertiary/aromatic N) is 1.